The van der Waals surface area contributed by atoms with Gasteiger partial charge in [0.05, 0.1) is 0 Å². The van der Waals surface area contributed by atoms with Gasteiger partial charge in [-0.15, -0.1) is 0 Å². The van der Waals surface area contributed by atoms with Crippen molar-refractivity contribution >= 4 is 19.1 Å². The molecule has 0 fully saturated rings. The van der Waals surface area contributed by atoms with E-state index in [4.69, 9.17) is 19.1 Å². The van der Waals surface area contributed by atoms with E-state index in [0.717, 1.165) is 0 Å². The summed E-state index contributed by atoms with van der Waals surface area (Å²) in [6.07, 6.45) is 15.2. The number of benzene rings is 2. The fourth-order valence-electron chi connectivity index (χ4n) is 3.39. The molecule has 0 amide bonds. The third kappa shape index (κ3) is 16.0. The van der Waals surface area contributed by atoms with Crippen LogP contribution in [0.4, 0.5) is 0 Å². The molecule has 0 bridgehead atoms. The molecule has 0 aliphatic rings. The summed E-state index contributed by atoms with van der Waals surface area (Å²) in [5.41, 5.74) is 5.93. The van der Waals surface area contributed by atoms with Gasteiger partial charge in [-0.1, -0.05) is 105 Å². The van der Waals surface area contributed by atoms with Crippen molar-refractivity contribution in [2.45, 2.75) is 105 Å². The minimum atomic E-state index is -0.106. The van der Waals surface area contributed by atoms with Crippen molar-refractivity contribution in [1.82, 2.24) is 0 Å². The van der Waals surface area contributed by atoms with Gasteiger partial charge in [-0.3, -0.25) is 0 Å². The molecule has 0 aliphatic heterocycles. The number of hydrogen-bond acceptors (Lipinski definition) is 0. The van der Waals surface area contributed by atoms with Crippen LogP contribution in [0.15, 0.2) is 36.4 Å². The van der Waals surface area contributed by atoms with E-state index in [-0.39, 0.29) is 15.9 Å². The second-order valence-electron chi connectivity index (χ2n) is 7.81. The van der Waals surface area contributed by atoms with Crippen LogP contribution in [0.2, 0.25) is 0 Å². The number of aryl methyl sites for hydroxylation is 4. The molecule has 0 aliphatic carbocycles. The molecule has 180 valence electrons. The molecule has 0 atom stereocenters. The molecule has 0 unspecified atom stereocenters. The Morgan fingerprint density at radius 1 is 0.613 bits per heavy atom. The van der Waals surface area contributed by atoms with Gasteiger partial charge < -0.3 is 0 Å². The Balaban J connectivity index is 0.000000516. The van der Waals surface area contributed by atoms with Crippen molar-refractivity contribution in [1.29, 1.82) is 0 Å². The normalized spacial score (nSPS) is 10.1. The molecule has 3 heteroatoms. The first-order valence-electron chi connectivity index (χ1n) is 12.0. The summed E-state index contributed by atoms with van der Waals surface area (Å²) in [5.74, 6) is 0. The predicted molar refractivity (Wildman–Crippen MR) is 137 cm³/mol. The Hall–Kier alpha value is -0.318. The first-order chi connectivity index (χ1) is 15.2. The Labute approximate surface area is 209 Å². The summed E-state index contributed by atoms with van der Waals surface area (Å²) in [6, 6.07) is 19.6. The molecular weight excluding hydrogens is 514 g/mol. The molecule has 2 aromatic rings. The summed E-state index contributed by atoms with van der Waals surface area (Å²) in [6.45, 7) is 8.99. The van der Waals surface area contributed by atoms with Crippen molar-refractivity contribution in [3.8, 4) is 0 Å². The molecule has 0 radical (unpaired) electrons. The molecule has 0 heterocycles. The molecule has 0 nitrogen and oxygen atoms in total. The standard InChI is InChI=1S/2C14H21.2ClH.Pd/c2*1-3-5-9-13-11-7-8-12-14(13)10-6-4-2;;;/h2*7-8,11H,3-6,9-10H2,1-2H3;2*1H;/q2*-1;;;+2/p-2. The molecule has 2 rings (SSSR count). The maximum absolute atomic E-state index is 4.81. The van der Waals surface area contributed by atoms with Gasteiger partial charge in [0.25, 0.3) is 0 Å². The van der Waals surface area contributed by atoms with Crippen LogP contribution in [-0.4, -0.2) is 0 Å². The van der Waals surface area contributed by atoms with Gasteiger partial charge in [-0.25, -0.2) is 0 Å². The number of rotatable bonds is 12. The van der Waals surface area contributed by atoms with Crippen molar-refractivity contribution in [3.05, 3.63) is 70.8 Å². The van der Waals surface area contributed by atoms with Crippen LogP contribution < -0.4 is 0 Å². The van der Waals surface area contributed by atoms with Crippen LogP contribution in [0.5, 0.6) is 0 Å². The molecular formula is C28H42Cl2Pd-2. The molecule has 0 saturated heterocycles. The molecule has 2 aromatic carbocycles. The molecule has 0 aromatic heterocycles. The fourth-order valence-corrected chi connectivity index (χ4v) is 3.39. The first-order valence-corrected chi connectivity index (χ1v) is 16.0. The van der Waals surface area contributed by atoms with Gasteiger partial charge in [0.15, 0.2) is 0 Å². The average molecular weight is 556 g/mol. The predicted octanol–water partition coefficient (Wildman–Crippen LogP) is 9.72. The van der Waals surface area contributed by atoms with E-state index in [1.165, 1.54) is 99.3 Å². The van der Waals surface area contributed by atoms with Crippen LogP contribution >= 0.6 is 19.1 Å². The fraction of sp³-hybridized carbons (Fsp3) is 0.571. The van der Waals surface area contributed by atoms with Crippen LogP contribution in [0, 0.1) is 12.1 Å². The van der Waals surface area contributed by atoms with Gasteiger partial charge in [0.1, 0.15) is 0 Å². The van der Waals surface area contributed by atoms with Gasteiger partial charge in [-0.05, 0) is 0 Å². The summed E-state index contributed by atoms with van der Waals surface area (Å²) in [5, 5.41) is 0. The van der Waals surface area contributed by atoms with Crippen LogP contribution in [-0.2, 0) is 41.6 Å². The van der Waals surface area contributed by atoms with E-state index < -0.39 is 0 Å². The molecule has 0 N–H and O–H groups in total. The van der Waals surface area contributed by atoms with Crippen molar-refractivity contribution in [3.63, 3.8) is 0 Å². The van der Waals surface area contributed by atoms with E-state index in [0.29, 0.717) is 0 Å². The Kier molecular flexibility index (Phi) is 22.6. The maximum atomic E-state index is 4.81. The topological polar surface area (TPSA) is 0 Å². The summed E-state index contributed by atoms with van der Waals surface area (Å²) < 4.78 is 0. The van der Waals surface area contributed by atoms with E-state index in [9.17, 15) is 0 Å². The number of hydrogen-bond donors (Lipinski definition) is 0. The van der Waals surface area contributed by atoms with Gasteiger partial charge >= 0.3 is 35.0 Å². The third-order valence-corrected chi connectivity index (χ3v) is 5.24. The van der Waals surface area contributed by atoms with Crippen LogP contribution in [0.3, 0.4) is 0 Å². The molecule has 0 saturated carbocycles. The van der Waals surface area contributed by atoms with Gasteiger partial charge in [0, 0.05) is 0 Å². The van der Waals surface area contributed by atoms with Crippen LogP contribution in [0.1, 0.15) is 101 Å². The Bertz CT molecular complexity index is 533. The summed E-state index contributed by atoms with van der Waals surface area (Å²) in [4.78, 5) is 0. The van der Waals surface area contributed by atoms with Crippen molar-refractivity contribution in [2.24, 2.45) is 0 Å². The van der Waals surface area contributed by atoms with Crippen molar-refractivity contribution < 1.29 is 15.9 Å². The molecule has 0 spiro atoms. The number of unbranched alkanes of at least 4 members (excludes halogenated alkanes) is 4. The van der Waals surface area contributed by atoms with E-state index in [1.807, 2.05) is 12.1 Å². The van der Waals surface area contributed by atoms with E-state index in [2.05, 4.69) is 64.1 Å². The zero-order valence-electron chi connectivity index (χ0n) is 20.0. The van der Waals surface area contributed by atoms with E-state index >= 15 is 0 Å². The monoisotopic (exact) mass is 554 g/mol. The Morgan fingerprint density at radius 2 is 0.935 bits per heavy atom. The minimum absolute atomic E-state index is 0.106. The van der Waals surface area contributed by atoms with Crippen molar-refractivity contribution in [2.75, 3.05) is 0 Å². The van der Waals surface area contributed by atoms with Gasteiger partial charge in [0.2, 0.25) is 0 Å². The second kappa shape index (κ2) is 22.9. The van der Waals surface area contributed by atoms with Crippen LogP contribution in [0.25, 0.3) is 0 Å². The second-order valence-corrected chi connectivity index (χ2v) is 10.2. The first kappa shape index (κ1) is 30.7. The zero-order valence-corrected chi connectivity index (χ0v) is 23.1. The van der Waals surface area contributed by atoms with Gasteiger partial charge in [-0.2, -0.15) is 70.8 Å². The number of halogens is 2. The quantitative estimate of drug-likeness (QED) is 0.181. The van der Waals surface area contributed by atoms with E-state index in [1.54, 1.807) is 0 Å². The summed E-state index contributed by atoms with van der Waals surface area (Å²) in [7, 11) is 9.63. The molecule has 31 heavy (non-hydrogen) atoms. The Morgan fingerprint density at radius 3 is 1.26 bits per heavy atom. The summed E-state index contributed by atoms with van der Waals surface area (Å²) >= 11 is -0.106. The third-order valence-electron chi connectivity index (χ3n) is 5.24. The zero-order chi connectivity index (χ0) is 23.2. The average Bonchev–Trinajstić information content (AvgIpc) is 2.80. The SMILES string of the molecule is CCCCc1[c-]cccc1CCCC.CCCCc1[c-]cccc1CCCC.[Cl][Pd][Cl].